The van der Waals surface area contributed by atoms with Gasteiger partial charge in [0.15, 0.2) is 0 Å². The third-order valence-corrected chi connectivity index (χ3v) is 4.06. The predicted octanol–water partition coefficient (Wildman–Crippen LogP) is 2.94. The number of aryl methyl sites for hydroxylation is 2. The van der Waals surface area contributed by atoms with Crippen molar-refractivity contribution >= 4 is 17.4 Å². The third-order valence-electron chi connectivity index (χ3n) is 4.06. The average molecular weight is 326 g/mol. The number of rotatable bonds is 5. The monoisotopic (exact) mass is 326 g/mol. The van der Waals surface area contributed by atoms with Crippen LogP contribution in [0, 0.1) is 13.8 Å². The lowest BCUT2D eigenvalue weighted by molar-refractivity contribution is 0.102. The molecule has 1 atom stereocenters. The number of carbonyl (C=O) groups is 1. The molecular weight excluding hydrogens is 304 g/mol. The fourth-order valence-corrected chi connectivity index (χ4v) is 2.62. The molecule has 126 valence electrons. The minimum Gasteiger partial charge on any atom is -0.376 e. The summed E-state index contributed by atoms with van der Waals surface area (Å²) in [6.45, 7) is 5.49. The van der Waals surface area contributed by atoms with E-state index in [9.17, 15) is 4.79 Å². The summed E-state index contributed by atoms with van der Waals surface area (Å²) in [4.78, 5) is 20.7. The summed E-state index contributed by atoms with van der Waals surface area (Å²) in [7, 11) is 0. The van der Waals surface area contributed by atoms with Crippen molar-refractivity contribution in [3.8, 4) is 0 Å². The first kappa shape index (κ1) is 16.4. The summed E-state index contributed by atoms with van der Waals surface area (Å²) < 4.78 is 5.55. The number of carbonyl (C=O) groups excluding carboxylic acids is 1. The van der Waals surface area contributed by atoms with E-state index in [1.54, 1.807) is 6.20 Å². The van der Waals surface area contributed by atoms with Gasteiger partial charge >= 0.3 is 0 Å². The van der Waals surface area contributed by atoms with Gasteiger partial charge in [0.05, 0.1) is 18.5 Å². The molecule has 1 amide bonds. The van der Waals surface area contributed by atoms with Crippen LogP contribution in [0.3, 0.4) is 0 Å². The predicted molar refractivity (Wildman–Crippen MR) is 93.4 cm³/mol. The van der Waals surface area contributed by atoms with Gasteiger partial charge in [-0.1, -0.05) is 12.1 Å². The Kier molecular flexibility index (Phi) is 5.05. The first-order valence-electron chi connectivity index (χ1n) is 8.18. The Morgan fingerprint density at radius 3 is 2.88 bits per heavy atom. The zero-order valence-corrected chi connectivity index (χ0v) is 14.0. The molecule has 1 aromatic carbocycles. The fraction of sp³-hybridized carbons (Fsp3) is 0.389. The van der Waals surface area contributed by atoms with Gasteiger partial charge in [0.1, 0.15) is 11.5 Å². The minimum atomic E-state index is -0.262. The Morgan fingerprint density at radius 2 is 2.17 bits per heavy atom. The number of benzene rings is 1. The molecule has 0 aliphatic carbocycles. The van der Waals surface area contributed by atoms with E-state index in [-0.39, 0.29) is 12.0 Å². The molecule has 0 spiro atoms. The highest BCUT2D eigenvalue weighted by molar-refractivity contribution is 6.03. The molecule has 2 N–H and O–H groups in total. The maximum Gasteiger partial charge on any atom is 0.275 e. The SMILES string of the molecule is Cc1ccc(C)c(NC(=O)c2cnc(NCC3CCCO3)cn2)c1. The number of hydrogen-bond acceptors (Lipinski definition) is 5. The van der Waals surface area contributed by atoms with E-state index >= 15 is 0 Å². The van der Waals surface area contributed by atoms with Gasteiger partial charge in [0.2, 0.25) is 0 Å². The smallest absolute Gasteiger partial charge is 0.275 e. The van der Waals surface area contributed by atoms with Gasteiger partial charge in [-0.3, -0.25) is 4.79 Å². The van der Waals surface area contributed by atoms with E-state index in [1.807, 2.05) is 32.0 Å². The highest BCUT2D eigenvalue weighted by Gasteiger charge is 2.15. The molecule has 1 saturated heterocycles. The van der Waals surface area contributed by atoms with E-state index in [4.69, 9.17) is 4.74 Å². The van der Waals surface area contributed by atoms with Crippen LogP contribution in [0.2, 0.25) is 0 Å². The molecule has 1 aliphatic heterocycles. The Morgan fingerprint density at radius 1 is 1.29 bits per heavy atom. The van der Waals surface area contributed by atoms with Crippen molar-refractivity contribution in [1.29, 1.82) is 0 Å². The van der Waals surface area contributed by atoms with E-state index in [0.29, 0.717) is 18.1 Å². The molecule has 1 unspecified atom stereocenters. The lowest BCUT2D eigenvalue weighted by Gasteiger charge is -2.11. The van der Waals surface area contributed by atoms with Crippen molar-refractivity contribution in [1.82, 2.24) is 9.97 Å². The van der Waals surface area contributed by atoms with Gasteiger partial charge in [0.25, 0.3) is 5.91 Å². The van der Waals surface area contributed by atoms with Crippen molar-refractivity contribution in [2.45, 2.75) is 32.8 Å². The molecule has 0 radical (unpaired) electrons. The first-order chi connectivity index (χ1) is 11.6. The van der Waals surface area contributed by atoms with Crippen LogP contribution in [-0.2, 0) is 4.74 Å². The molecule has 2 aromatic rings. The third kappa shape index (κ3) is 4.08. The Balaban J connectivity index is 1.59. The van der Waals surface area contributed by atoms with Gasteiger partial charge in [-0.15, -0.1) is 0 Å². The van der Waals surface area contributed by atoms with Gasteiger partial charge < -0.3 is 15.4 Å². The van der Waals surface area contributed by atoms with E-state index < -0.39 is 0 Å². The van der Waals surface area contributed by atoms with Crippen molar-refractivity contribution in [2.75, 3.05) is 23.8 Å². The zero-order valence-electron chi connectivity index (χ0n) is 14.0. The molecule has 24 heavy (non-hydrogen) atoms. The molecule has 0 bridgehead atoms. The van der Waals surface area contributed by atoms with Crippen LogP contribution >= 0.6 is 0 Å². The van der Waals surface area contributed by atoms with Gasteiger partial charge in [0, 0.05) is 18.8 Å². The second kappa shape index (κ2) is 7.40. The average Bonchev–Trinajstić information content (AvgIpc) is 3.10. The van der Waals surface area contributed by atoms with Gasteiger partial charge in [-0.2, -0.15) is 0 Å². The topological polar surface area (TPSA) is 76.1 Å². The molecule has 1 fully saturated rings. The van der Waals surface area contributed by atoms with Crippen molar-refractivity contribution in [3.05, 3.63) is 47.4 Å². The first-order valence-corrected chi connectivity index (χ1v) is 8.18. The Hall–Kier alpha value is -2.47. The maximum absolute atomic E-state index is 12.3. The molecule has 3 rings (SSSR count). The number of amides is 1. The second-order valence-corrected chi connectivity index (χ2v) is 6.08. The molecule has 0 saturated carbocycles. The molecule has 6 heteroatoms. The molecular formula is C18H22N4O2. The Bertz CT molecular complexity index is 709. The lowest BCUT2D eigenvalue weighted by atomic mass is 10.1. The lowest BCUT2D eigenvalue weighted by Crippen LogP contribution is -2.20. The zero-order chi connectivity index (χ0) is 16.9. The number of ether oxygens (including phenoxy) is 1. The number of hydrogen-bond donors (Lipinski definition) is 2. The van der Waals surface area contributed by atoms with E-state index in [1.165, 1.54) is 6.20 Å². The molecule has 2 heterocycles. The maximum atomic E-state index is 12.3. The fourth-order valence-electron chi connectivity index (χ4n) is 2.62. The quantitative estimate of drug-likeness (QED) is 0.883. The van der Waals surface area contributed by atoms with E-state index in [2.05, 4.69) is 20.6 Å². The van der Waals surface area contributed by atoms with Crippen LogP contribution in [-0.4, -0.2) is 35.1 Å². The summed E-state index contributed by atoms with van der Waals surface area (Å²) in [5.74, 6) is 0.385. The van der Waals surface area contributed by atoms with Gasteiger partial charge in [-0.05, 0) is 43.9 Å². The van der Waals surface area contributed by atoms with Crippen LogP contribution in [0.1, 0.15) is 34.5 Å². The second-order valence-electron chi connectivity index (χ2n) is 6.08. The largest absolute Gasteiger partial charge is 0.376 e. The summed E-state index contributed by atoms with van der Waals surface area (Å²) >= 11 is 0. The number of nitrogens with one attached hydrogen (secondary N) is 2. The van der Waals surface area contributed by atoms with Crippen molar-refractivity contribution in [3.63, 3.8) is 0 Å². The van der Waals surface area contributed by atoms with E-state index in [0.717, 1.165) is 36.3 Å². The Labute approximate surface area is 141 Å². The van der Waals surface area contributed by atoms with Crippen LogP contribution in [0.4, 0.5) is 11.5 Å². The minimum absolute atomic E-state index is 0.235. The molecule has 1 aliphatic rings. The summed E-state index contributed by atoms with van der Waals surface area (Å²) in [6.07, 6.45) is 5.47. The highest BCUT2D eigenvalue weighted by atomic mass is 16.5. The molecule has 1 aromatic heterocycles. The van der Waals surface area contributed by atoms with Crippen molar-refractivity contribution in [2.24, 2.45) is 0 Å². The standard InChI is InChI=1S/C18H22N4O2/c1-12-5-6-13(2)15(8-12)22-18(23)16-10-21-17(11-19-16)20-9-14-4-3-7-24-14/h5-6,8,10-11,14H,3-4,7,9H2,1-2H3,(H,20,21)(H,22,23). The van der Waals surface area contributed by atoms with Crippen LogP contribution < -0.4 is 10.6 Å². The van der Waals surface area contributed by atoms with Gasteiger partial charge in [-0.25, -0.2) is 9.97 Å². The number of nitrogens with zero attached hydrogens (tertiary/aromatic N) is 2. The molecule has 6 nitrogen and oxygen atoms in total. The van der Waals surface area contributed by atoms with Crippen LogP contribution in [0.15, 0.2) is 30.6 Å². The summed E-state index contributed by atoms with van der Waals surface area (Å²) in [5.41, 5.74) is 3.19. The summed E-state index contributed by atoms with van der Waals surface area (Å²) in [5, 5.41) is 6.07. The normalized spacial score (nSPS) is 16.8. The summed E-state index contributed by atoms with van der Waals surface area (Å²) in [6, 6.07) is 5.94. The number of aromatic nitrogens is 2. The number of anilines is 2. The van der Waals surface area contributed by atoms with Crippen LogP contribution in [0.25, 0.3) is 0 Å². The van der Waals surface area contributed by atoms with Crippen molar-refractivity contribution < 1.29 is 9.53 Å². The van der Waals surface area contributed by atoms with Crippen LogP contribution in [0.5, 0.6) is 0 Å². The highest BCUT2D eigenvalue weighted by Crippen LogP contribution is 2.17.